The zero-order valence-corrected chi connectivity index (χ0v) is 32.9. The predicted octanol–water partition coefficient (Wildman–Crippen LogP) is 2.06. The van der Waals surface area contributed by atoms with E-state index in [1.165, 1.54) is 42.3 Å². The number of rotatable bonds is 12. The molecular weight excluding hydrogens is 697 g/mol. The molecule has 1 aromatic carbocycles. The second-order valence-electron chi connectivity index (χ2n) is 17.0. The minimum atomic E-state index is -4.23. The number of carbonyl (C=O) groups excluding carboxylic acids is 4. The summed E-state index contributed by atoms with van der Waals surface area (Å²) < 4.78 is 53.6. The summed E-state index contributed by atoms with van der Waals surface area (Å²) in [5.74, 6) is -2.75. The van der Waals surface area contributed by atoms with Gasteiger partial charge in [0, 0.05) is 32.1 Å². The summed E-state index contributed by atoms with van der Waals surface area (Å²) in [6, 6.07) is 4.06. The molecular formula is C35H54N6O8S2. The van der Waals surface area contributed by atoms with Crippen LogP contribution in [-0.4, -0.2) is 99.9 Å². The molecule has 1 unspecified atom stereocenters. The number of sulfonamides is 2. The van der Waals surface area contributed by atoms with E-state index in [1.54, 1.807) is 26.8 Å². The van der Waals surface area contributed by atoms with Gasteiger partial charge in [-0.05, 0) is 46.6 Å². The van der Waals surface area contributed by atoms with Gasteiger partial charge < -0.3 is 20.9 Å². The van der Waals surface area contributed by atoms with Crippen LogP contribution in [0.3, 0.4) is 0 Å². The fourth-order valence-electron chi connectivity index (χ4n) is 7.09. The molecule has 2 aliphatic carbocycles. The maximum Gasteiger partial charge on any atom is 0.315 e. The number of amides is 5. The lowest BCUT2D eigenvalue weighted by atomic mass is 9.85. The van der Waals surface area contributed by atoms with Gasteiger partial charge in [-0.2, -0.15) is 0 Å². The molecule has 14 nitrogen and oxygen atoms in total. The number of hydrogen-bond acceptors (Lipinski definition) is 8. The molecule has 5 amide bonds. The highest BCUT2D eigenvalue weighted by molar-refractivity contribution is 7.90. The Bertz CT molecular complexity index is 1790. The largest absolute Gasteiger partial charge is 0.339 e. The van der Waals surface area contributed by atoms with Gasteiger partial charge in [0.05, 0.1) is 11.2 Å². The number of benzene rings is 1. The molecule has 284 valence electrons. The second kappa shape index (κ2) is 13.5. The zero-order chi connectivity index (χ0) is 38.7. The average Bonchev–Trinajstić information content (AvgIpc) is 3.76. The monoisotopic (exact) mass is 750 g/mol. The Hall–Kier alpha value is -3.50. The molecule has 0 radical (unpaired) electrons. The van der Waals surface area contributed by atoms with Crippen LogP contribution in [0.4, 0.5) is 4.79 Å². The van der Waals surface area contributed by atoms with Gasteiger partial charge in [-0.15, -0.1) is 6.58 Å². The van der Waals surface area contributed by atoms with Crippen LogP contribution in [-0.2, 0) is 34.4 Å². The van der Waals surface area contributed by atoms with E-state index >= 15 is 0 Å². The molecule has 4 N–H and O–H groups in total. The lowest BCUT2D eigenvalue weighted by Gasteiger charge is -2.39. The highest BCUT2D eigenvalue weighted by Crippen LogP contribution is 2.65. The second-order valence-corrected chi connectivity index (χ2v) is 20.8. The van der Waals surface area contributed by atoms with E-state index in [0.717, 1.165) is 10.6 Å². The van der Waals surface area contributed by atoms with Gasteiger partial charge in [-0.1, -0.05) is 79.7 Å². The Balaban J connectivity index is 1.57. The number of likely N-dealkylation sites (tertiary alicyclic amines) is 1. The van der Waals surface area contributed by atoms with Gasteiger partial charge in [0.25, 0.3) is 15.9 Å². The maximum absolute atomic E-state index is 14.4. The van der Waals surface area contributed by atoms with Gasteiger partial charge in [0.15, 0.2) is 0 Å². The topological polar surface area (TPSA) is 191 Å². The highest BCUT2D eigenvalue weighted by atomic mass is 32.2. The fraction of sp³-hybridized carbons (Fsp3) is 0.657. The molecule has 1 aliphatic heterocycles. The first kappa shape index (κ1) is 40.3. The highest BCUT2D eigenvalue weighted by Gasteiger charge is 2.71. The molecule has 1 aromatic rings. The summed E-state index contributed by atoms with van der Waals surface area (Å²) in [4.78, 5) is 57.1. The smallest absolute Gasteiger partial charge is 0.315 e. The number of nitrogens with one attached hydrogen (secondary N) is 4. The van der Waals surface area contributed by atoms with Gasteiger partial charge in [-0.3, -0.25) is 14.4 Å². The molecule has 1 heterocycles. The first-order valence-corrected chi connectivity index (χ1v) is 20.4. The first-order valence-electron chi connectivity index (χ1n) is 17.0. The van der Waals surface area contributed by atoms with Gasteiger partial charge in [-0.25, -0.2) is 30.7 Å². The molecule has 3 aliphatic rings. The number of hydrogen-bond donors (Lipinski definition) is 4. The van der Waals surface area contributed by atoms with Crippen LogP contribution in [0.15, 0.2) is 47.9 Å². The van der Waals surface area contributed by atoms with Crippen LogP contribution in [0.1, 0.15) is 61.8 Å². The van der Waals surface area contributed by atoms with Crippen molar-refractivity contribution in [3.63, 3.8) is 0 Å². The normalized spacial score (nSPS) is 26.7. The van der Waals surface area contributed by atoms with Crippen LogP contribution in [0.5, 0.6) is 0 Å². The summed E-state index contributed by atoms with van der Waals surface area (Å²) in [6.07, 6.45) is 2.71. The molecule has 3 fully saturated rings. The quantitative estimate of drug-likeness (QED) is 0.234. The molecule has 4 rings (SSSR count). The Labute approximate surface area is 302 Å². The van der Waals surface area contributed by atoms with E-state index in [2.05, 4.69) is 27.3 Å². The van der Waals surface area contributed by atoms with Crippen molar-refractivity contribution < 1.29 is 36.0 Å². The van der Waals surface area contributed by atoms with Crippen molar-refractivity contribution in [2.45, 2.75) is 90.4 Å². The summed E-state index contributed by atoms with van der Waals surface area (Å²) in [5.41, 5.74) is -3.21. The predicted molar refractivity (Wildman–Crippen MR) is 193 cm³/mol. The molecule has 1 saturated heterocycles. The minimum absolute atomic E-state index is 0.00434. The Morgan fingerprint density at radius 2 is 1.59 bits per heavy atom. The van der Waals surface area contributed by atoms with E-state index < -0.39 is 84.2 Å². The van der Waals surface area contributed by atoms with Gasteiger partial charge >= 0.3 is 6.03 Å². The van der Waals surface area contributed by atoms with E-state index in [0.29, 0.717) is 0 Å². The summed E-state index contributed by atoms with van der Waals surface area (Å²) in [5, 5.41) is 8.49. The number of nitrogens with zero attached hydrogens (tertiary/aromatic N) is 2. The van der Waals surface area contributed by atoms with Crippen molar-refractivity contribution in [2.75, 3.05) is 26.4 Å². The van der Waals surface area contributed by atoms with E-state index in [-0.39, 0.29) is 41.7 Å². The van der Waals surface area contributed by atoms with Crippen molar-refractivity contribution in [1.82, 2.24) is 29.9 Å². The number of piperidine rings is 1. The minimum Gasteiger partial charge on any atom is -0.339 e. The molecule has 0 spiro atoms. The van der Waals surface area contributed by atoms with Crippen LogP contribution >= 0.6 is 0 Å². The lowest BCUT2D eigenvalue weighted by molar-refractivity contribution is -0.144. The average molecular weight is 751 g/mol. The molecule has 16 heteroatoms. The Kier molecular flexibility index (Phi) is 10.6. The van der Waals surface area contributed by atoms with E-state index in [1.807, 2.05) is 34.6 Å². The van der Waals surface area contributed by atoms with Crippen LogP contribution < -0.4 is 20.7 Å². The van der Waals surface area contributed by atoms with Crippen LogP contribution in [0.2, 0.25) is 0 Å². The SMILES string of the molecule is C=C[C@@H]1C[C@]1(NC(=O)[C@@H]1C2[C@H](CN1C(=O)[C@@H](NC(=O)N[C@H](CN(C)S(C)(=O)=O)C(C)(C)C)C(C)(C)C)C2(C)C)C(=O)NS(=O)(=O)c1ccccc1. The molecule has 2 saturated carbocycles. The van der Waals surface area contributed by atoms with Gasteiger partial charge in [0.1, 0.15) is 17.6 Å². The van der Waals surface area contributed by atoms with Crippen molar-refractivity contribution >= 4 is 43.8 Å². The van der Waals surface area contributed by atoms with Crippen molar-refractivity contribution in [3.8, 4) is 0 Å². The zero-order valence-electron chi connectivity index (χ0n) is 31.2. The third-order valence-corrected chi connectivity index (χ3v) is 13.5. The summed E-state index contributed by atoms with van der Waals surface area (Å²) >= 11 is 0. The molecule has 0 aromatic heterocycles. The fourth-order valence-corrected chi connectivity index (χ4v) is 8.57. The first-order chi connectivity index (χ1) is 23.2. The van der Waals surface area contributed by atoms with Crippen molar-refractivity contribution in [3.05, 3.63) is 43.0 Å². The standard InChI is InChI=1S/C35H54N6O8S2/c1-12-21-18-35(21,30(44)39-51(48,49)22-16-14-13-15-17-22)38-28(42)26-25-23(34(25,8)9)19-41(26)29(43)27(33(5,6)7)37-31(45)36-24(32(2,3)4)20-40(10)50(11,46)47/h12-17,21,23-27H,1,18-20H2,2-11H3,(H,38,42)(H,39,44)(H2,36,37,45)/t21-,23+,24-,25?,26+,27-,35-/m1/s1. The lowest BCUT2D eigenvalue weighted by Crippen LogP contribution is -2.63. The maximum atomic E-state index is 14.4. The number of likely N-dealkylation sites (N-methyl/N-ethyl adjacent to an activating group) is 1. The Morgan fingerprint density at radius 1 is 1.00 bits per heavy atom. The molecule has 7 atom stereocenters. The number of urea groups is 1. The number of fused-ring (bicyclic) bond motifs is 1. The summed E-state index contributed by atoms with van der Waals surface area (Å²) in [6.45, 7) is 19.0. The third kappa shape index (κ3) is 8.27. The van der Waals surface area contributed by atoms with E-state index in [4.69, 9.17) is 0 Å². The van der Waals surface area contributed by atoms with Crippen molar-refractivity contribution in [2.24, 2.45) is 34.0 Å². The number of carbonyl (C=O) groups is 4. The van der Waals surface area contributed by atoms with Crippen molar-refractivity contribution in [1.29, 1.82) is 0 Å². The van der Waals surface area contributed by atoms with Crippen LogP contribution in [0.25, 0.3) is 0 Å². The van der Waals surface area contributed by atoms with Gasteiger partial charge in [0.2, 0.25) is 21.8 Å². The molecule has 0 bridgehead atoms. The van der Waals surface area contributed by atoms with Crippen LogP contribution in [0, 0.1) is 34.0 Å². The molecule has 51 heavy (non-hydrogen) atoms. The Morgan fingerprint density at radius 3 is 2.08 bits per heavy atom. The summed E-state index contributed by atoms with van der Waals surface area (Å²) in [7, 11) is -6.34. The third-order valence-electron chi connectivity index (χ3n) is 10.8. The van der Waals surface area contributed by atoms with E-state index in [9.17, 15) is 36.0 Å².